The summed E-state index contributed by atoms with van der Waals surface area (Å²) in [4.78, 5) is 28.6. The number of amides is 1. The second kappa shape index (κ2) is 8.67. The average molecular weight is 345 g/mol. The minimum Gasteiger partial charge on any atom is -0.481 e. The van der Waals surface area contributed by atoms with Crippen LogP contribution in [-0.4, -0.2) is 64.5 Å². The predicted octanol–water partition coefficient (Wildman–Crippen LogP) is 2.27. The maximum absolute atomic E-state index is 12.1. The van der Waals surface area contributed by atoms with Crippen molar-refractivity contribution in [1.29, 1.82) is 0 Å². The number of rotatable bonds is 4. The number of aromatic amines is 1. The van der Waals surface area contributed by atoms with E-state index in [4.69, 9.17) is 9.90 Å². The molecule has 0 unspecified atom stereocenters. The van der Waals surface area contributed by atoms with Crippen molar-refractivity contribution in [2.45, 2.75) is 27.2 Å². The largest absolute Gasteiger partial charge is 0.481 e. The summed E-state index contributed by atoms with van der Waals surface area (Å²) in [5.41, 5.74) is 3.75. The molecule has 0 saturated carbocycles. The molecule has 0 aliphatic carbocycles. The molecule has 2 aromatic rings. The number of fused-ring (bicyclic) bond motifs is 1. The summed E-state index contributed by atoms with van der Waals surface area (Å²) < 4.78 is 0. The van der Waals surface area contributed by atoms with Crippen LogP contribution < -0.4 is 0 Å². The van der Waals surface area contributed by atoms with Crippen LogP contribution in [0.5, 0.6) is 0 Å². The van der Waals surface area contributed by atoms with E-state index in [0.717, 1.165) is 39.5 Å². The number of likely N-dealkylation sites (N-methyl/N-ethyl adjacent to an activating group) is 1. The molecular formula is C19H27N3O3. The number of piperazine rings is 1. The van der Waals surface area contributed by atoms with Crippen molar-refractivity contribution in [2.75, 3.05) is 32.7 Å². The van der Waals surface area contributed by atoms with Gasteiger partial charge in [-0.25, -0.2) is 0 Å². The Bertz CT molecular complexity index is 735. The average Bonchev–Trinajstić information content (AvgIpc) is 2.95. The van der Waals surface area contributed by atoms with E-state index in [1.165, 1.54) is 22.0 Å². The summed E-state index contributed by atoms with van der Waals surface area (Å²) in [7, 11) is 0. The van der Waals surface area contributed by atoms with Crippen molar-refractivity contribution in [3.8, 4) is 0 Å². The van der Waals surface area contributed by atoms with Crippen molar-refractivity contribution in [3.63, 3.8) is 0 Å². The van der Waals surface area contributed by atoms with E-state index in [1.807, 2.05) is 4.90 Å². The van der Waals surface area contributed by atoms with Crippen LogP contribution in [0.15, 0.2) is 24.4 Å². The third kappa shape index (κ3) is 5.32. The SMILES string of the molecule is CC(=O)O.CCN1CCN(CCc2c[nH]c3cc(C)ccc23)C(=O)C1. The molecule has 2 heterocycles. The summed E-state index contributed by atoms with van der Waals surface area (Å²) in [6.45, 7) is 9.49. The molecule has 1 fully saturated rings. The molecule has 0 radical (unpaired) electrons. The van der Waals surface area contributed by atoms with Gasteiger partial charge in [0, 0.05) is 43.7 Å². The normalized spacial score (nSPS) is 15.2. The van der Waals surface area contributed by atoms with E-state index in [1.54, 1.807) is 0 Å². The molecule has 1 amide bonds. The van der Waals surface area contributed by atoms with Crippen molar-refractivity contribution in [1.82, 2.24) is 14.8 Å². The Morgan fingerprint density at radius 1 is 1.32 bits per heavy atom. The molecule has 1 aromatic heterocycles. The number of nitrogens with one attached hydrogen (secondary N) is 1. The van der Waals surface area contributed by atoms with E-state index in [0.29, 0.717) is 6.54 Å². The number of aliphatic carboxylic acids is 1. The number of benzene rings is 1. The van der Waals surface area contributed by atoms with Crippen LogP contribution in [0.2, 0.25) is 0 Å². The Labute approximate surface area is 148 Å². The van der Waals surface area contributed by atoms with Gasteiger partial charge >= 0.3 is 0 Å². The number of carboxylic acids is 1. The topological polar surface area (TPSA) is 76.6 Å². The minimum absolute atomic E-state index is 0.263. The fourth-order valence-electron chi connectivity index (χ4n) is 3.03. The molecule has 0 spiro atoms. The second-order valence-electron chi connectivity index (χ2n) is 6.38. The van der Waals surface area contributed by atoms with Crippen molar-refractivity contribution in [3.05, 3.63) is 35.5 Å². The molecule has 25 heavy (non-hydrogen) atoms. The van der Waals surface area contributed by atoms with E-state index < -0.39 is 5.97 Å². The number of aromatic nitrogens is 1. The molecule has 6 heteroatoms. The number of carbonyl (C=O) groups excluding carboxylic acids is 1. The molecule has 1 aliphatic heterocycles. The summed E-state index contributed by atoms with van der Waals surface area (Å²) in [6, 6.07) is 6.49. The van der Waals surface area contributed by atoms with Crippen molar-refractivity contribution < 1.29 is 14.7 Å². The van der Waals surface area contributed by atoms with Gasteiger partial charge in [0.2, 0.25) is 5.91 Å². The van der Waals surface area contributed by atoms with Crippen molar-refractivity contribution in [2.24, 2.45) is 0 Å². The van der Waals surface area contributed by atoms with E-state index in [2.05, 4.69) is 48.1 Å². The van der Waals surface area contributed by atoms with Gasteiger partial charge in [-0.05, 0) is 37.1 Å². The van der Waals surface area contributed by atoms with Crippen LogP contribution in [-0.2, 0) is 16.0 Å². The maximum atomic E-state index is 12.1. The molecule has 0 bridgehead atoms. The van der Waals surface area contributed by atoms with Gasteiger partial charge in [0.15, 0.2) is 0 Å². The smallest absolute Gasteiger partial charge is 0.300 e. The van der Waals surface area contributed by atoms with Gasteiger partial charge in [0.1, 0.15) is 0 Å². The number of carboxylic acid groups (broad SMARTS) is 1. The zero-order chi connectivity index (χ0) is 18.4. The summed E-state index contributed by atoms with van der Waals surface area (Å²) in [5.74, 6) is -0.571. The second-order valence-corrected chi connectivity index (χ2v) is 6.38. The van der Waals surface area contributed by atoms with E-state index in [-0.39, 0.29) is 5.91 Å². The molecule has 1 aromatic carbocycles. The lowest BCUT2D eigenvalue weighted by atomic mass is 10.1. The zero-order valence-corrected chi connectivity index (χ0v) is 15.2. The number of H-pyrrole nitrogens is 1. The quantitative estimate of drug-likeness (QED) is 0.891. The van der Waals surface area contributed by atoms with Gasteiger partial charge in [-0.1, -0.05) is 19.1 Å². The van der Waals surface area contributed by atoms with E-state index >= 15 is 0 Å². The van der Waals surface area contributed by atoms with Crippen molar-refractivity contribution >= 4 is 22.8 Å². The number of hydrogen-bond acceptors (Lipinski definition) is 3. The first-order valence-corrected chi connectivity index (χ1v) is 8.67. The Balaban J connectivity index is 0.000000511. The standard InChI is InChI=1S/C17H23N3O.C2H4O2/c1-3-19-8-9-20(17(21)12-19)7-6-14-11-18-16-10-13(2)4-5-15(14)16;1-2(3)4/h4-5,10-11,18H,3,6-9,12H2,1-2H3;1H3,(H,3,4). The van der Waals surface area contributed by atoms with Crippen LogP contribution in [0.25, 0.3) is 10.9 Å². The highest BCUT2D eigenvalue weighted by atomic mass is 16.4. The number of aryl methyl sites for hydroxylation is 1. The molecule has 1 saturated heterocycles. The van der Waals surface area contributed by atoms with E-state index in [9.17, 15) is 4.79 Å². The first-order chi connectivity index (χ1) is 11.9. The minimum atomic E-state index is -0.833. The molecule has 136 valence electrons. The molecule has 6 nitrogen and oxygen atoms in total. The summed E-state index contributed by atoms with van der Waals surface area (Å²) in [5, 5.41) is 8.69. The fraction of sp³-hybridized carbons (Fsp3) is 0.474. The third-order valence-corrected chi connectivity index (χ3v) is 4.42. The Kier molecular flexibility index (Phi) is 6.58. The summed E-state index contributed by atoms with van der Waals surface area (Å²) >= 11 is 0. The lowest BCUT2D eigenvalue weighted by Gasteiger charge is -2.33. The monoisotopic (exact) mass is 345 g/mol. The molecule has 0 atom stereocenters. The van der Waals surface area contributed by atoms with Crippen LogP contribution >= 0.6 is 0 Å². The number of nitrogens with zero attached hydrogens (tertiary/aromatic N) is 2. The van der Waals surface area contributed by atoms with Crippen LogP contribution in [0.3, 0.4) is 0 Å². The third-order valence-electron chi connectivity index (χ3n) is 4.42. The van der Waals surface area contributed by atoms with Gasteiger partial charge < -0.3 is 15.0 Å². The van der Waals surface area contributed by atoms with Crippen LogP contribution in [0.1, 0.15) is 25.0 Å². The highest BCUT2D eigenvalue weighted by Crippen LogP contribution is 2.20. The Morgan fingerprint density at radius 3 is 2.68 bits per heavy atom. The highest BCUT2D eigenvalue weighted by molar-refractivity contribution is 5.84. The highest BCUT2D eigenvalue weighted by Gasteiger charge is 2.22. The first kappa shape index (κ1) is 19.0. The Morgan fingerprint density at radius 2 is 2.04 bits per heavy atom. The first-order valence-electron chi connectivity index (χ1n) is 8.67. The lowest BCUT2D eigenvalue weighted by molar-refractivity contribution is -0.136. The Hall–Kier alpha value is -2.34. The zero-order valence-electron chi connectivity index (χ0n) is 15.2. The molecular weight excluding hydrogens is 318 g/mol. The van der Waals surface area contributed by atoms with Gasteiger partial charge in [-0.2, -0.15) is 0 Å². The van der Waals surface area contributed by atoms with Gasteiger partial charge in [0.25, 0.3) is 5.97 Å². The van der Waals surface area contributed by atoms with Crippen LogP contribution in [0, 0.1) is 6.92 Å². The van der Waals surface area contributed by atoms with Gasteiger partial charge in [-0.15, -0.1) is 0 Å². The molecule has 3 rings (SSSR count). The predicted molar refractivity (Wildman–Crippen MR) is 98.7 cm³/mol. The lowest BCUT2D eigenvalue weighted by Crippen LogP contribution is -2.50. The molecule has 2 N–H and O–H groups in total. The summed E-state index contributed by atoms with van der Waals surface area (Å²) in [6.07, 6.45) is 3.00. The molecule has 1 aliphatic rings. The van der Waals surface area contributed by atoms with Crippen LogP contribution in [0.4, 0.5) is 0 Å². The van der Waals surface area contributed by atoms with Gasteiger partial charge in [-0.3, -0.25) is 14.5 Å². The number of carbonyl (C=O) groups is 2. The van der Waals surface area contributed by atoms with Gasteiger partial charge in [0.05, 0.1) is 6.54 Å². The fourth-order valence-corrected chi connectivity index (χ4v) is 3.03. The number of hydrogen-bond donors (Lipinski definition) is 2. The maximum Gasteiger partial charge on any atom is 0.300 e.